The van der Waals surface area contributed by atoms with Crippen molar-refractivity contribution in [1.29, 1.82) is 0 Å². The third kappa shape index (κ3) is 6.05. The van der Waals surface area contributed by atoms with Gasteiger partial charge in [-0.2, -0.15) is 0 Å². The molecule has 7 heteroatoms. The SMILES string of the molecule is Cc1cccc(N2CCN(CC[C@H]3CC[C@H](NC(=O)N4CCOCC4)CC3)CC2)c1Cl. The maximum absolute atomic E-state index is 12.4. The van der Waals surface area contributed by atoms with Crippen LogP contribution in [0.2, 0.25) is 5.02 Å². The minimum atomic E-state index is 0.0957. The highest BCUT2D eigenvalue weighted by atomic mass is 35.5. The van der Waals surface area contributed by atoms with Gasteiger partial charge in [0.1, 0.15) is 0 Å². The fourth-order valence-electron chi connectivity index (χ4n) is 5.08. The first-order valence-corrected chi connectivity index (χ1v) is 12.3. The van der Waals surface area contributed by atoms with E-state index in [-0.39, 0.29) is 6.03 Å². The molecule has 31 heavy (non-hydrogen) atoms. The van der Waals surface area contributed by atoms with Crippen LogP contribution in [-0.2, 0) is 4.74 Å². The Balaban J connectivity index is 1.13. The average molecular weight is 449 g/mol. The molecule has 6 nitrogen and oxygen atoms in total. The maximum Gasteiger partial charge on any atom is 0.317 e. The number of urea groups is 1. The summed E-state index contributed by atoms with van der Waals surface area (Å²) < 4.78 is 5.33. The molecule has 0 aromatic heterocycles. The van der Waals surface area contributed by atoms with Gasteiger partial charge in [-0.05, 0) is 63.1 Å². The summed E-state index contributed by atoms with van der Waals surface area (Å²) in [5.74, 6) is 0.792. The molecule has 0 spiro atoms. The lowest BCUT2D eigenvalue weighted by Gasteiger charge is -2.38. The molecular weight excluding hydrogens is 412 g/mol. The second kappa shape index (κ2) is 10.9. The molecule has 3 aliphatic rings. The minimum absolute atomic E-state index is 0.0957. The Bertz CT molecular complexity index is 724. The molecule has 0 atom stereocenters. The third-order valence-electron chi connectivity index (χ3n) is 7.21. The highest BCUT2D eigenvalue weighted by molar-refractivity contribution is 6.34. The summed E-state index contributed by atoms with van der Waals surface area (Å²) in [6.45, 7) is 10.3. The lowest BCUT2D eigenvalue weighted by atomic mass is 9.84. The van der Waals surface area contributed by atoms with E-state index >= 15 is 0 Å². The Morgan fingerprint density at radius 3 is 2.48 bits per heavy atom. The van der Waals surface area contributed by atoms with Gasteiger partial charge in [0.15, 0.2) is 0 Å². The highest BCUT2D eigenvalue weighted by Gasteiger charge is 2.26. The monoisotopic (exact) mass is 448 g/mol. The quantitative estimate of drug-likeness (QED) is 0.745. The van der Waals surface area contributed by atoms with Crippen LogP contribution in [0, 0.1) is 12.8 Å². The topological polar surface area (TPSA) is 48.0 Å². The van der Waals surface area contributed by atoms with Crippen LogP contribution < -0.4 is 10.2 Å². The number of ether oxygens (including phenoxy) is 1. The van der Waals surface area contributed by atoms with Crippen molar-refractivity contribution in [1.82, 2.24) is 15.1 Å². The number of amides is 2. The number of aryl methyl sites for hydroxylation is 1. The number of morpholine rings is 1. The number of nitrogens with one attached hydrogen (secondary N) is 1. The summed E-state index contributed by atoms with van der Waals surface area (Å²) in [7, 11) is 0. The number of hydrogen-bond donors (Lipinski definition) is 1. The van der Waals surface area contributed by atoms with Crippen LogP contribution in [0.3, 0.4) is 0 Å². The lowest BCUT2D eigenvalue weighted by Crippen LogP contribution is -2.50. The van der Waals surface area contributed by atoms with Crippen molar-refractivity contribution in [2.24, 2.45) is 5.92 Å². The van der Waals surface area contributed by atoms with Crippen molar-refractivity contribution in [3.05, 3.63) is 28.8 Å². The molecule has 0 unspecified atom stereocenters. The third-order valence-corrected chi connectivity index (χ3v) is 7.70. The van der Waals surface area contributed by atoms with Crippen LogP contribution >= 0.6 is 11.6 Å². The first-order chi connectivity index (χ1) is 15.1. The van der Waals surface area contributed by atoms with E-state index in [1.807, 2.05) is 4.90 Å². The van der Waals surface area contributed by atoms with Gasteiger partial charge in [0.2, 0.25) is 0 Å². The standard InChI is InChI=1S/C24H37ClN4O2/c1-19-3-2-4-22(23(19)25)28-13-11-27(12-14-28)10-9-20-5-7-21(8-6-20)26-24(30)29-15-17-31-18-16-29/h2-4,20-21H,5-18H2,1H3,(H,26,30)/t20-,21-. The van der Waals surface area contributed by atoms with Gasteiger partial charge >= 0.3 is 6.03 Å². The number of rotatable bonds is 5. The maximum atomic E-state index is 12.4. The number of benzene rings is 1. The summed E-state index contributed by atoms with van der Waals surface area (Å²) in [4.78, 5) is 19.3. The van der Waals surface area contributed by atoms with E-state index in [1.54, 1.807) is 0 Å². The first-order valence-electron chi connectivity index (χ1n) is 12.0. The molecular formula is C24H37ClN4O2. The lowest BCUT2D eigenvalue weighted by molar-refractivity contribution is 0.0519. The zero-order valence-corrected chi connectivity index (χ0v) is 19.6. The van der Waals surface area contributed by atoms with Gasteiger partial charge in [-0.15, -0.1) is 0 Å². The van der Waals surface area contributed by atoms with Crippen LogP contribution in [0.1, 0.15) is 37.7 Å². The minimum Gasteiger partial charge on any atom is -0.378 e. The van der Waals surface area contributed by atoms with Crippen molar-refractivity contribution in [2.75, 3.05) is 63.9 Å². The van der Waals surface area contributed by atoms with Gasteiger partial charge in [-0.3, -0.25) is 4.90 Å². The van der Waals surface area contributed by atoms with Crippen molar-refractivity contribution < 1.29 is 9.53 Å². The zero-order valence-electron chi connectivity index (χ0n) is 18.8. The summed E-state index contributed by atoms with van der Waals surface area (Å²) >= 11 is 6.52. The Morgan fingerprint density at radius 1 is 1.06 bits per heavy atom. The van der Waals surface area contributed by atoms with E-state index in [9.17, 15) is 4.79 Å². The Labute approximate surface area is 191 Å². The van der Waals surface area contributed by atoms with E-state index < -0.39 is 0 Å². The van der Waals surface area contributed by atoms with E-state index in [4.69, 9.17) is 16.3 Å². The number of anilines is 1. The smallest absolute Gasteiger partial charge is 0.317 e. The fraction of sp³-hybridized carbons (Fsp3) is 0.708. The van der Waals surface area contributed by atoms with Crippen LogP contribution in [-0.4, -0.2) is 80.9 Å². The number of piperazine rings is 1. The number of halogens is 1. The van der Waals surface area contributed by atoms with Crippen LogP contribution in [0.25, 0.3) is 0 Å². The fourth-order valence-corrected chi connectivity index (χ4v) is 5.33. The van der Waals surface area contributed by atoms with Crippen LogP contribution in [0.5, 0.6) is 0 Å². The van der Waals surface area contributed by atoms with Crippen molar-refractivity contribution in [2.45, 2.75) is 45.1 Å². The molecule has 2 heterocycles. The van der Waals surface area contributed by atoms with Gasteiger partial charge in [0.25, 0.3) is 0 Å². The van der Waals surface area contributed by atoms with Crippen molar-refractivity contribution in [3.63, 3.8) is 0 Å². The predicted octanol–water partition coefficient (Wildman–Crippen LogP) is 3.76. The van der Waals surface area contributed by atoms with E-state index in [2.05, 4.69) is 40.2 Å². The number of nitrogens with zero attached hydrogens (tertiary/aromatic N) is 3. The number of carbonyl (C=O) groups excluding carboxylic acids is 1. The predicted molar refractivity (Wildman–Crippen MR) is 126 cm³/mol. The normalized spacial score (nSPS) is 25.5. The summed E-state index contributed by atoms with van der Waals surface area (Å²) in [6.07, 6.45) is 5.95. The number of carbonyl (C=O) groups is 1. The van der Waals surface area contributed by atoms with Crippen molar-refractivity contribution in [3.8, 4) is 0 Å². The van der Waals surface area contributed by atoms with Crippen LogP contribution in [0.4, 0.5) is 10.5 Å². The largest absolute Gasteiger partial charge is 0.378 e. The van der Waals surface area contributed by atoms with E-state index in [0.717, 1.165) is 55.5 Å². The van der Waals surface area contributed by atoms with E-state index in [0.29, 0.717) is 32.3 Å². The van der Waals surface area contributed by atoms with Gasteiger partial charge < -0.3 is 19.9 Å². The van der Waals surface area contributed by atoms with E-state index in [1.165, 1.54) is 31.5 Å². The molecule has 2 amide bonds. The van der Waals surface area contributed by atoms with Crippen LogP contribution in [0.15, 0.2) is 18.2 Å². The Hall–Kier alpha value is -1.50. The second-order valence-corrected chi connectivity index (χ2v) is 9.67. The Morgan fingerprint density at radius 2 is 1.77 bits per heavy atom. The first kappa shape index (κ1) is 22.7. The molecule has 1 aromatic carbocycles. The summed E-state index contributed by atoms with van der Waals surface area (Å²) in [5.41, 5.74) is 2.33. The second-order valence-electron chi connectivity index (χ2n) is 9.29. The summed E-state index contributed by atoms with van der Waals surface area (Å²) in [6, 6.07) is 6.75. The van der Waals surface area contributed by atoms with Gasteiger partial charge in [0.05, 0.1) is 23.9 Å². The molecule has 2 aliphatic heterocycles. The molecule has 172 valence electrons. The molecule has 1 N–H and O–H groups in total. The molecule has 1 saturated carbocycles. The molecule has 3 fully saturated rings. The Kier molecular flexibility index (Phi) is 7.96. The molecule has 2 saturated heterocycles. The molecule has 0 radical (unpaired) electrons. The van der Waals surface area contributed by atoms with Gasteiger partial charge in [0, 0.05) is 45.3 Å². The van der Waals surface area contributed by atoms with Gasteiger partial charge in [-0.1, -0.05) is 23.7 Å². The van der Waals surface area contributed by atoms with Crippen molar-refractivity contribution >= 4 is 23.3 Å². The molecule has 0 bridgehead atoms. The average Bonchev–Trinajstić information content (AvgIpc) is 2.81. The van der Waals surface area contributed by atoms with Gasteiger partial charge in [-0.25, -0.2) is 4.79 Å². The zero-order chi connectivity index (χ0) is 21.6. The number of hydrogen-bond acceptors (Lipinski definition) is 4. The molecule has 1 aromatic rings. The molecule has 1 aliphatic carbocycles. The highest BCUT2D eigenvalue weighted by Crippen LogP contribution is 2.30. The molecule has 4 rings (SSSR count). The summed E-state index contributed by atoms with van der Waals surface area (Å²) in [5, 5.41) is 4.14.